The molecule has 0 unspecified atom stereocenters. The van der Waals surface area contributed by atoms with E-state index in [1.54, 1.807) is 6.92 Å². The number of fused-ring (bicyclic) bond motifs is 1. The Morgan fingerprint density at radius 2 is 2.14 bits per heavy atom. The first-order valence-electron chi connectivity index (χ1n) is 7.79. The Hall–Kier alpha value is -1.81. The first-order valence-corrected chi connectivity index (χ1v) is 7.79. The highest BCUT2D eigenvalue weighted by Gasteiger charge is 2.12. The number of esters is 1. The molecule has 0 spiro atoms. The van der Waals surface area contributed by atoms with Crippen LogP contribution in [0.2, 0.25) is 0 Å². The third kappa shape index (κ3) is 3.27. The van der Waals surface area contributed by atoms with Gasteiger partial charge in [0.05, 0.1) is 0 Å². The van der Waals surface area contributed by atoms with Crippen LogP contribution in [-0.4, -0.2) is 35.5 Å². The van der Waals surface area contributed by atoms with Crippen LogP contribution < -0.4 is 4.74 Å². The van der Waals surface area contributed by atoms with Crippen LogP contribution in [0, 0.1) is 0 Å². The smallest absolute Gasteiger partial charge is 0.310 e. The van der Waals surface area contributed by atoms with Crippen molar-refractivity contribution in [1.82, 2.24) is 9.88 Å². The van der Waals surface area contributed by atoms with E-state index in [1.807, 2.05) is 18.2 Å². The van der Waals surface area contributed by atoms with Gasteiger partial charge in [-0.1, -0.05) is 6.92 Å². The maximum absolute atomic E-state index is 11.3. The van der Waals surface area contributed by atoms with E-state index >= 15 is 0 Å². The van der Waals surface area contributed by atoms with Gasteiger partial charge in [-0.25, -0.2) is 0 Å². The summed E-state index contributed by atoms with van der Waals surface area (Å²) in [6.07, 6.45) is 6.20. The number of benzene rings is 1. The number of H-pyrrole nitrogens is 1. The van der Waals surface area contributed by atoms with Crippen LogP contribution in [0.15, 0.2) is 24.4 Å². The van der Waals surface area contributed by atoms with E-state index in [0.717, 1.165) is 18.5 Å². The Morgan fingerprint density at radius 1 is 1.33 bits per heavy atom. The number of likely N-dealkylation sites (tertiary alicyclic amines) is 1. The van der Waals surface area contributed by atoms with Gasteiger partial charge in [0, 0.05) is 36.1 Å². The van der Waals surface area contributed by atoms with Crippen LogP contribution in [-0.2, 0) is 11.2 Å². The Balaban J connectivity index is 1.71. The molecule has 1 N–H and O–H groups in total. The highest BCUT2D eigenvalue weighted by atomic mass is 16.5. The summed E-state index contributed by atoms with van der Waals surface area (Å²) >= 11 is 0. The van der Waals surface area contributed by atoms with Gasteiger partial charge < -0.3 is 14.6 Å². The summed E-state index contributed by atoms with van der Waals surface area (Å²) in [5.74, 6) is 0.414. The average Bonchev–Trinajstić information content (AvgIpc) is 3.14. The number of nitrogens with one attached hydrogen (secondary N) is 1. The molecule has 1 aromatic carbocycles. The van der Waals surface area contributed by atoms with Crippen molar-refractivity contribution in [2.45, 2.75) is 32.6 Å². The summed E-state index contributed by atoms with van der Waals surface area (Å²) in [4.78, 5) is 17.1. The monoisotopic (exact) mass is 286 g/mol. The van der Waals surface area contributed by atoms with Crippen LogP contribution in [0.5, 0.6) is 5.75 Å². The van der Waals surface area contributed by atoms with Gasteiger partial charge in [0.15, 0.2) is 0 Å². The number of rotatable bonds is 5. The lowest BCUT2D eigenvalue weighted by atomic mass is 10.1. The molecule has 1 fully saturated rings. The molecule has 1 saturated heterocycles. The molecule has 1 aliphatic heterocycles. The molecule has 4 nitrogen and oxygen atoms in total. The summed E-state index contributed by atoms with van der Waals surface area (Å²) in [5.41, 5.74) is 2.37. The predicted molar refractivity (Wildman–Crippen MR) is 83.6 cm³/mol. The SMILES string of the molecule is CCC(=O)Oc1ccc2c(CCN3CCCC3)c[nH]c2c1. The predicted octanol–water partition coefficient (Wildman–Crippen LogP) is 3.12. The summed E-state index contributed by atoms with van der Waals surface area (Å²) in [7, 11) is 0. The maximum Gasteiger partial charge on any atom is 0.310 e. The number of aromatic nitrogens is 1. The number of carbonyl (C=O) groups is 1. The molecule has 3 rings (SSSR count). The van der Waals surface area contributed by atoms with Crippen LogP contribution in [0.1, 0.15) is 31.7 Å². The van der Waals surface area contributed by atoms with Gasteiger partial charge in [0.1, 0.15) is 5.75 Å². The first kappa shape index (κ1) is 14.1. The highest BCUT2D eigenvalue weighted by Crippen LogP contribution is 2.24. The van der Waals surface area contributed by atoms with Gasteiger partial charge in [-0.15, -0.1) is 0 Å². The van der Waals surface area contributed by atoms with E-state index < -0.39 is 0 Å². The van der Waals surface area contributed by atoms with Gasteiger partial charge in [0.25, 0.3) is 0 Å². The van der Waals surface area contributed by atoms with Gasteiger partial charge in [-0.05, 0) is 50.0 Å². The third-order valence-corrected chi connectivity index (χ3v) is 4.16. The van der Waals surface area contributed by atoms with Gasteiger partial charge in [-0.2, -0.15) is 0 Å². The van der Waals surface area contributed by atoms with Gasteiger partial charge in [-0.3, -0.25) is 4.79 Å². The molecule has 21 heavy (non-hydrogen) atoms. The number of nitrogens with zero attached hydrogens (tertiary/aromatic N) is 1. The number of aromatic amines is 1. The number of hydrogen-bond donors (Lipinski definition) is 1. The van der Waals surface area contributed by atoms with Gasteiger partial charge in [0.2, 0.25) is 0 Å². The molecular formula is C17H22N2O2. The van der Waals surface area contributed by atoms with Crippen LogP contribution >= 0.6 is 0 Å². The minimum Gasteiger partial charge on any atom is -0.426 e. The molecule has 2 aromatic rings. The van der Waals surface area contributed by atoms with Crippen molar-refractivity contribution in [2.24, 2.45) is 0 Å². The summed E-state index contributed by atoms with van der Waals surface area (Å²) in [5, 5.41) is 1.23. The lowest BCUT2D eigenvalue weighted by Crippen LogP contribution is -2.21. The number of carbonyl (C=O) groups excluding carboxylic acids is 1. The van der Waals surface area contributed by atoms with E-state index in [4.69, 9.17) is 4.74 Å². The molecule has 0 bridgehead atoms. The lowest BCUT2D eigenvalue weighted by Gasteiger charge is -2.13. The minimum absolute atomic E-state index is 0.199. The molecule has 0 atom stereocenters. The number of ether oxygens (including phenoxy) is 1. The molecule has 1 aliphatic rings. The molecule has 2 heterocycles. The normalized spacial score (nSPS) is 15.7. The second-order valence-corrected chi connectivity index (χ2v) is 5.65. The lowest BCUT2D eigenvalue weighted by molar-refractivity contribution is -0.134. The average molecular weight is 286 g/mol. The summed E-state index contributed by atoms with van der Waals surface area (Å²) in [6.45, 7) is 5.39. The molecule has 112 valence electrons. The van der Waals surface area contributed by atoms with E-state index in [0.29, 0.717) is 12.2 Å². The third-order valence-electron chi connectivity index (χ3n) is 4.16. The molecule has 0 amide bonds. The van der Waals surface area contributed by atoms with E-state index in [1.165, 1.54) is 36.9 Å². The first-order chi connectivity index (χ1) is 10.3. The summed E-state index contributed by atoms with van der Waals surface area (Å²) < 4.78 is 5.25. The molecule has 1 aromatic heterocycles. The zero-order chi connectivity index (χ0) is 14.7. The van der Waals surface area contributed by atoms with E-state index in [9.17, 15) is 4.79 Å². The molecular weight excluding hydrogens is 264 g/mol. The van der Waals surface area contributed by atoms with Crippen LogP contribution in [0.25, 0.3) is 10.9 Å². The number of hydrogen-bond acceptors (Lipinski definition) is 3. The topological polar surface area (TPSA) is 45.3 Å². The molecule has 0 saturated carbocycles. The zero-order valence-corrected chi connectivity index (χ0v) is 12.5. The Labute approximate surface area is 125 Å². The van der Waals surface area contributed by atoms with Crippen molar-refractivity contribution in [3.63, 3.8) is 0 Å². The molecule has 0 aliphatic carbocycles. The molecule has 0 radical (unpaired) electrons. The zero-order valence-electron chi connectivity index (χ0n) is 12.5. The fraction of sp³-hybridized carbons (Fsp3) is 0.471. The summed E-state index contributed by atoms with van der Waals surface area (Å²) in [6, 6.07) is 5.83. The van der Waals surface area contributed by atoms with E-state index in [2.05, 4.69) is 16.1 Å². The Morgan fingerprint density at radius 3 is 2.90 bits per heavy atom. The van der Waals surface area contributed by atoms with E-state index in [-0.39, 0.29) is 5.97 Å². The van der Waals surface area contributed by atoms with Crippen molar-refractivity contribution >= 4 is 16.9 Å². The fourth-order valence-corrected chi connectivity index (χ4v) is 2.92. The van der Waals surface area contributed by atoms with Crippen molar-refractivity contribution in [1.29, 1.82) is 0 Å². The minimum atomic E-state index is -0.199. The fourth-order valence-electron chi connectivity index (χ4n) is 2.92. The quantitative estimate of drug-likeness (QED) is 0.678. The van der Waals surface area contributed by atoms with Gasteiger partial charge >= 0.3 is 5.97 Å². The Bertz CT molecular complexity index is 627. The van der Waals surface area contributed by atoms with Crippen molar-refractivity contribution in [3.05, 3.63) is 30.0 Å². The van der Waals surface area contributed by atoms with Crippen LogP contribution in [0.4, 0.5) is 0 Å². The standard InChI is InChI=1S/C17H22N2O2/c1-2-17(20)21-14-5-6-15-13(12-18-16(15)11-14)7-10-19-8-3-4-9-19/h5-6,11-12,18H,2-4,7-10H2,1H3. The largest absolute Gasteiger partial charge is 0.426 e. The highest BCUT2D eigenvalue weighted by molar-refractivity contribution is 5.85. The molecule has 4 heteroatoms. The second kappa shape index (κ2) is 6.31. The van der Waals surface area contributed by atoms with Crippen LogP contribution in [0.3, 0.4) is 0 Å². The second-order valence-electron chi connectivity index (χ2n) is 5.65. The Kier molecular flexibility index (Phi) is 4.25. The van der Waals surface area contributed by atoms with Crippen molar-refractivity contribution in [2.75, 3.05) is 19.6 Å². The van der Waals surface area contributed by atoms with Crippen molar-refractivity contribution in [3.8, 4) is 5.75 Å². The maximum atomic E-state index is 11.3. The van der Waals surface area contributed by atoms with Crippen molar-refractivity contribution < 1.29 is 9.53 Å².